The van der Waals surface area contributed by atoms with E-state index >= 15 is 0 Å². The summed E-state index contributed by atoms with van der Waals surface area (Å²) in [6, 6.07) is 11.6. The summed E-state index contributed by atoms with van der Waals surface area (Å²) >= 11 is 5.00. The highest BCUT2D eigenvalue weighted by atomic mass is 32.1. The highest BCUT2D eigenvalue weighted by molar-refractivity contribution is 7.80. The standard InChI is InChI=1S/C18H18N4O6S/c1-27-10-11-28-15-5-3-2-4-14(15)17(24)19-18(29)21-20-16(23)12-6-8-13(9-7-12)22(25)26/h2-9H,10-11H2,1H3,(H,20,23)(H2,19,21,24,29). The first-order chi connectivity index (χ1) is 13.9. The van der Waals surface area contributed by atoms with Crippen molar-refractivity contribution < 1.29 is 24.0 Å². The van der Waals surface area contributed by atoms with Gasteiger partial charge in [-0.2, -0.15) is 0 Å². The quantitative estimate of drug-likeness (QED) is 0.267. The number of benzene rings is 2. The number of non-ortho nitro benzene ring substituents is 1. The number of thiocarbonyl (C=S) groups is 1. The Bertz CT molecular complexity index is 903. The molecular weight excluding hydrogens is 400 g/mol. The van der Waals surface area contributed by atoms with Crippen LogP contribution in [0.4, 0.5) is 5.69 Å². The number of nitro groups is 1. The summed E-state index contributed by atoms with van der Waals surface area (Å²) < 4.78 is 10.4. The number of amides is 2. The lowest BCUT2D eigenvalue weighted by atomic mass is 10.2. The largest absolute Gasteiger partial charge is 0.490 e. The molecule has 0 atom stereocenters. The number of para-hydroxylation sites is 1. The fraction of sp³-hybridized carbons (Fsp3) is 0.167. The van der Waals surface area contributed by atoms with Gasteiger partial charge in [0.15, 0.2) is 5.11 Å². The van der Waals surface area contributed by atoms with Crippen molar-refractivity contribution in [2.75, 3.05) is 20.3 Å². The number of ether oxygens (including phenoxy) is 2. The molecule has 0 aliphatic rings. The Kier molecular flexibility index (Phi) is 8.00. The first-order valence-corrected chi connectivity index (χ1v) is 8.70. The fourth-order valence-corrected chi connectivity index (χ4v) is 2.28. The van der Waals surface area contributed by atoms with E-state index in [1.54, 1.807) is 24.3 Å². The van der Waals surface area contributed by atoms with Crippen LogP contribution in [-0.4, -0.2) is 42.2 Å². The molecule has 11 heteroatoms. The highest BCUT2D eigenvalue weighted by Crippen LogP contribution is 2.17. The van der Waals surface area contributed by atoms with Crippen LogP contribution in [-0.2, 0) is 4.74 Å². The van der Waals surface area contributed by atoms with E-state index in [0.29, 0.717) is 12.4 Å². The van der Waals surface area contributed by atoms with Crippen LogP contribution in [0.3, 0.4) is 0 Å². The molecule has 0 aliphatic carbocycles. The topological polar surface area (TPSA) is 132 Å². The van der Waals surface area contributed by atoms with Gasteiger partial charge in [0.05, 0.1) is 17.1 Å². The first-order valence-electron chi connectivity index (χ1n) is 8.29. The SMILES string of the molecule is COCCOc1ccccc1C(=O)NC(=S)NNC(=O)c1ccc([N+](=O)[O-])cc1. The van der Waals surface area contributed by atoms with Gasteiger partial charge >= 0.3 is 0 Å². The van der Waals surface area contributed by atoms with Crippen molar-refractivity contribution >= 4 is 34.8 Å². The zero-order chi connectivity index (χ0) is 21.2. The maximum absolute atomic E-state index is 12.4. The molecule has 0 radical (unpaired) electrons. The molecule has 0 spiro atoms. The molecule has 29 heavy (non-hydrogen) atoms. The minimum absolute atomic E-state index is 0.135. The number of nitrogens with one attached hydrogen (secondary N) is 3. The smallest absolute Gasteiger partial charge is 0.269 e. The molecule has 0 bridgehead atoms. The molecule has 10 nitrogen and oxygen atoms in total. The predicted molar refractivity (Wildman–Crippen MR) is 108 cm³/mol. The third-order valence-electron chi connectivity index (χ3n) is 3.53. The Morgan fingerprint density at radius 1 is 1.03 bits per heavy atom. The highest BCUT2D eigenvalue weighted by Gasteiger charge is 2.14. The maximum atomic E-state index is 12.4. The average molecular weight is 418 g/mol. The van der Waals surface area contributed by atoms with Crippen molar-refractivity contribution in [1.29, 1.82) is 0 Å². The van der Waals surface area contributed by atoms with Crippen LogP contribution >= 0.6 is 12.2 Å². The number of hydrogen-bond acceptors (Lipinski definition) is 7. The second-order valence-corrected chi connectivity index (χ2v) is 5.91. The second-order valence-electron chi connectivity index (χ2n) is 5.50. The molecule has 2 rings (SSSR count). The molecular formula is C18H18N4O6S. The van der Waals surface area contributed by atoms with Gasteiger partial charge in [0.25, 0.3) is 17.5 Å². The number of carbonyl (C=O) groups is 2. The summed E-state index contributed by atoms with van der Waals surface area (Å²) in [5.41, 5.74) is 4.99. The molecule has 2 aromatic rings. The van der Waals surface area contributed by atoms with Crippen molar-refractivity contribution in [3.63, 3.8) is 0 Å². The third kappa shape index (κ3) is 6.52. The lowest BCUT2D eigenvalue weighted by Crippen LogP contribution is -2.48. The Morgan fingerprint density at radius 2 is 1.72 bits per heavy atom. The summed E-state index contributed by atoms with van der Waals surface area (Å²) in [6.07, 6.45) is 0. The van der Waals surface area contributed by atoms with Gasteiger partial charge in [-0.3, -0.25) is 35.9 Å². The van der Waals surface area contributed by atoms with Crippen LogP contribution < -0.4 is 20.9 Å². The maximum Gasteiger partial charge on any atom is 0.269 e. The van der Waals surface area contributed by atoms with Gasteiger partial charge in [-0.25, -0.2) is 0 Å². The molecule has 152 valence electrons. The van der Waals surface area contributed by atoms with E-state index in [2.05, 4.69) is 16.2 Å². The Labute approximate surface area is 171 Å². The summed E-state index contributed by atoms with van der Waals surface area (Å²) in [5, 5.41) is 12.9. The van der Waals surface area contributed by atoms with E-state index < -0.39 is 16.7 Å². The summed E-state index contributed by atoms with van der Waals surface area (Å²) in [5.74, 6) is -0.750. The molecule has 0 aliphatic heterocycles. The minimum atomic E-state index is -0.584. The van der Waals surface area contributed by atoms with E-state index in [1.807, 2.05) is 0 Å². The third-order valence-corrected chi connectivity index (χ3v) is 3.74. The van der Waals surface area contributed by atoms with Crippen molar-refractivity contribution in [2.45, 2.75) is 0 Å². The summed E-state index contributed by atoms with van der Waals surface area (Å²) in [4.78, 5) is 34.5. The Hall–Kier alpha value is -3.57. The lowest BCUT2D eigenvalue weighted by molar-refractivity contribution is -0.384. The van der Waals surface area contributed by atoms with Gasteiger partial charge in [0.2, 0.25) is 0 Å². The Morgan fingerprint density at radius 3 is 2.38 bits per heavy atom. The Balaban J connectivity index is 1.89. The lowest BCUT2D eigenvalue weighted by Gasteiger charge is -2.13. The predicted octanol–water partition coefficient (Wildman–Crippen LogP) is 1.57. The van der Waals surface area contributed by atoms with Crippen molar-refractivity contribution in [3.8, 4) is 5.75 Å². The van der Waals surface area contributed by atoms with Crippen LogP contribution in [0.25, 0.3) is 0 Å². The van der Waals surface area contributed by atoms with Crippen LogP contribution in [0, 0.1) is 10.1 Å². The van der Waals surface area contributed by atoms with Crippen molar-refractivity contribution in [2.24, 2.45) is 0 Å². The number of hydrazine groups is 1. The van der Waals surface area contributed by atoms with E-state index in [-0.39, 0.29) is 28.5 Å². The number of nitro benzene ring substituents is 1. The van der Waals surface area contributed by atoms with E-state index in [1.165, 1.54) is 31.4 Å². The molecule has 0 unspecified atom stereocenters. The van der Waals surface area contributed by atoms with Crippen LogP contribution in [0.15, 0.2) is 48.5 Å². The van der Waals surface area contributed by atoms with Gasteiger partial charge in [0.1, 0.15) is 12.4 Å². The second kappa shape index (κ2) is 10.7. The van der Waals surface area contributed by atoms with Gasteiger partial charge in [0, 0.05) is 24.8 Å². The molecule has 2 amide bonds. The number of hydrogen-bond donors (Lipinski definition) is 3. The normalized spacial score (nSPS) is 9.97. The van der Waals surface area contributed by atoms with Gasteiger partial charge in [-0.1, -0.05) is 12.1 Å². The van der Waals surface area contributed by atoms with Crippen LogP contribution in [0.5, 0.6) is 5.75 Å². The van der Waals surface area contributed by atoms with Gasteiger partial charge in [-0.05, 0) is 36.5 Å². The zero-order valence-electron chi connectivity index (χ0n) is 15.3. The molecule has 0 fully saturated rings. The van der Waals surface area contributed by atoms with Crippen molar-refractivity contribution in [3.05, 3.63) is 69.8 Å². The zero-order valence-corrected chi connectivity index (χ0v) is 16.2. The number of carbonyl (C=O) groups excluding carboxylic acids is 2. The summed E-state index contributed by atoms with van der Waals surface area (Å²) in [6.45, 7) is 0.638. The molecule has 0 heterocycles. The molecule has 0 saturated heterocycles. The number of methoxy groups -OCH3 is 1. The minimum Gasteiger partial charge on any atom is -0.490 e. The van der Waals surface area contributed by atoms with E-state index in [9.17, 15) is 19.7 Å². The average Bonchev–Trinajstić information content (AvgIpc) is 2.72. The van der Waals surface area contributed by atoms with Crippen LogP contribution in [0.1, 0.15) is 20.7 Å². The van der Waals surface area contributed by atoms with Gasteiger partial charge in [-0.15, -0.1) is 0 Å². The number of nitrogens with zero attached hydrogens (tertiary/aromatic N) is 1. The molecule has 3 N–H and O–H groups in total. The first kappa shape index (κ1) is 21.7. The summed E-state index contributed by atoms with van der Waals surface area (Å²) in [7, 11) is 1.54. The van der Waals surface area contributed by atoms with Gasteiger partial charge < -0.3 is 9.47 Å². The van der Waals surface area contributed by atoms with E-state index in [4.69, 9.17) is 21.7 Å². The van der Waals surface area contributed by atoms with Crippen molar-refractivity contribution in [1.82, 2.24) is 16.2 Å². The molecule has 0 saturated carbocycles. The fourth-order valence-electron chi connectivity index (χ4n) is 2.14. The molecule has 2 aromatic carbocycles. The monoisotopic (exact) mass is 418 g/mol. The molecule has 0 aromatic heterocycles. The number of rotatable bonds is 7. The van der Waals surface area contributed by atoms with Crippen LogP contribution in [0.2, 0.25) is 0 Å². The van der Waals surface area contributed by atoms with E-state index in [0.717, 1.165) is 0 Å².